The van der Waals surface area contributed by atoms with Crippen LogP contribution < -0.4 is 0 Å². The van der Waals surface area contributed by atoms with Crippen LogP contribution in [0, 0.1) is 0 Å². The van der Waals surface area contributed by atoms with Crippen molar-refractivity contribution in [3.63, 3.8) is 0 Å². The Kier molecular flexibility index (Phi) is 2.85. The van der Waals surface area contributed by atoms with Crippen molar-refractivity contribution in [2.45, 2.75) is 12.5 Å². The first-order chi connectivity index (χ1) is 9.54. The van der Waals surface area contributed by atoms with E-state index in [-0.39, 0.29) is 5.82 Å². The number of hydrogen-bond donors (Lipinski definition) is 0. The predicted molar refractivity (Wildman–Crippen MR) is 58.8 cm³/mol. The number of hydrogen-bond acceptors (Lipinski definition) is 5. The van der Waals surface area contributed by atoms with Crippen molar-refractivity contribution in [2.75, 3.05) is 0 Å². The van der Waals surface area contributed by atoms with E-state index in [0.717, 1.165) is 5.56 Å². The summed E-state index contributed by atoms with van der Waals surface area (Å²) in [5, 5.41) is 3.30. The number of benzene rings is 1. The van der Waals surface area contributed by atoms with Gasteiger partial charge in [0.1, 0.15) is 12.5 Å². The Labute approximate surface area is 110 Å². The lowest BCUT2D eigenvalue weighted by molar-refractivity contribution is -0.159. The van der Waals surface area contributed by atoms with Gasteiger partial charge in [0.05, 0.1) is 0 Å². The fourth-order valence-electron chi connectivity index (χ4n) is 1.64. The van der Waals surface area contributed by atoms with Crippen LogP contribution in [-0.4, -0.2) is 10.1 Å². The largest absolute Gasteiger partial charge is 0.471 e. The van der Waals surface area contributed by atoms with E-state index in [1.807, 2.05) is 0 Å². The molecular weight excluding hydrogens is 277 g/mol. The predicted octanol–water partition coefficient (Wildman–Crippen LogP) is 3.27. The maximum atomic E-state index is 12.3. The maximum absolute atomic E-state index is 12.3. The molecule has 0 amide bonds. The second kappa shape index (κ2) is 4.55. The molecule has 20 heavy (non-hydrogen) atoms. The number of ether oxygens (including phenoxy) is 2. The van der Waals surface area contributed by atoms with Crippen LogP contribution in [0.4, 0.5) is 13.2 Å². The third-order valence-corrected chi connectivity index (χ3v) is 2.57. The minimum atomic E-state index is -4.65. The average molecular weight is 284 g/mol. The first kappa shape index (κ1) is 12.5. The number of rotatable bonds is 2. The molecule has 0 bridgehead atoms. The highest BCUT2D eigenvalue weighted by Crippen LogP contribution is 2.30. The summed E-state index contributed by atoms with van der Waals surface area (Å²) < 4.78 is 51.5. The van der Waals surface area contributed by atoms with Crippen LogP contribution in [0.25, 0.3) is 11.4 Å². The topological polar surface area (TPSA) is 57.4 Å². The van der Waals surface area contributed by atoms with Crippen molar-refractivity contribution < 1.29 is 27.2 Å². The Morgan fingerprint density at radius 3 is 2.20 bits per heavy atom. The monoisotopic (exact) mass is 284 g/mol. The molecule has 104 valence electrons. The fraction of sp³-hybridized carbons (Fsp3) is 0.167. The Morgan fingerprint density at radius 2 is 1.65 bits per heavy atom. The second-order valence-corrected chi connectivity index (χ2v) is 3.92. The van der Waals surface area contributed by atoms with Crippen LogP contribution in [0.15, 0.2) is 41.3 Å². The van der Waals surface area contributed by atoms with Gasteiger partial charge in [0, 0.05) is 11.1 Å². The molecule has 0 atom stereocenters. The molecule has 0 saturated heterocycles. The highest BCUT2D eigenvalue weighted by atomic mass is 19.4. The number of aromatic nitrogens is 2. The van der Waals surface area contributed by atoms with E-state index in [2.05, 4.69) is 14.7 Å². The number of alkyl halides is 3. The summed E-state index contributed by atoms with van der Waals surface area (Å²) in [6, 6.07) is 6.42. The van der Waals surface area contributed by atoms with Crippen LogP contribution in [0.5, 0.6) is 0 Å². The molecule has 0 fully saturated rings. The summed E-state index contributed by atoms with van der Waals surface area (Å²) >= 11 is 0. The highest BCUT2D eigenvalue weighted by molar-refractivity contribution is 5.54. The highest BCUT2D eigenvalue weighted by Gasteiger charge is 2.38. The van der Waals surface area contributed by atoms with Crippen molar-refractivity contribution in [1.29, 1.82) is 0 Å². The zero-order valence-corrected chi connectivity index (χ0v) is 9.79. The van der Waals surface area contributed by atoms with Crippen LogP contribution in [0.2, 0.25) is 0 Å². The Morgan fingerprint density at radius 1 is 1.00 bits per heavy atom. The van der Waals surface area contributed by atoms with Crippen LogP contribution in [0.1, 0.15) is 17.7 Å². The standard InChI is InChI=1S/C12H7F3N2O3/c13-12(14,15)11-16-9(17-20-11)7-1-3-8(4-2-7)10-18-5-6-19-10/h1-6,10H. The van der Waals surface area contributed by atoms with Crippen LogP contribution in [-0.2, 0) is 15.7 Å². The van der Waals surface area contributed by atoms with Crippen molar-refractivity contribution in [3.05, 3.63) is 48.2 Å². The number of halogens is 3. The second-order valence-electron chi connectivity index (χ2n) is 3.92. The Balaban J connectivity index is 1.82. The third-order valence-electron chi connectivity index (χ3n) is 2.57. The van der Waals surface area contributed by atoms with Gasteiger partial charge in [-0.1, -0.05) is 29.4 Å². The molecule has 1 aromatic carbocycles. The zero-order valence-electron chi connectivity index (χ0n) is 9.79. The van der Waals surface area contributed by atoms with E-state index in [1.165, 1.54) is 12.5 Å². The van der Waals surface area contributed by atoms with Gasteiger partial charge in [0.15, 0.2) is 0 Å². The van der Waals surface area contributed by atoms with Gasteiger partial charge in [-0.2, -0.15) is 18.2 Å². The smallest absolute Gasteiger partial charge is 0.455 e. The number of nitrogens with zero attached hydrogens (tertiary/aromatic N) is 2. The molecule has 0 spiro atoms. The minimum absolute atomic E-state index is 0.129. The maximum Gasteiger partial charge on any atom is 0.471 e. The Hall–Kier alpha value is -2.51. The lowest BCUT2D eigenvalue weighted by Gasteiger charge is -2.10. The molecule has 3 rings (SSSR count). The molecule has 0 unspecified atom stereocenters. The molecule has 1 aliphatic rings. The van der Waals surface area contributed by atoms with Gasteiger partial charge in [0.2, 0.25) is 5.82 Å². The zero-order chi connectivity index (χ0) is 14.2. The van der Waals surface area contributed by atoms with E-state index in [0.29, 0.717) is 5.56 Å². The summed E-state index contributed by atoms with van der Waals surface area (Å²) in [5.41, 5.74) is 1.12. The summed E-state index contributed by atoms with van der Waals surface area (Å²) in [4.78, 5) is 3.30. The van der Waals surface area contributed by atoms with Gasteiger partial charge in [-0.3, -0.25) is 0 Å². The SMILES string of the molecule is FC(F)(F)c1nc(-c2ccc(C3OC=CO3)cc2)no1. The van der Waals surface area contributed by atoms with Crippen molar-refractivity contribution in [1.82, 2.24) is 10.1 Å². The minimum Gasteiger partial charge on any atom is -0.455 e. The van der Waals surface area contributed by atoms with Crippen molar-refractivity contribution in [3.8, 4) is 11.4 Å². The molecule has 0 radical (unpaired) electrons. The molecule has 8 heteroatoms. The summed E-state index contributed by atoms with van der Waals surface area (Å²) in [6.07, 6.45) is -2.37. The first-order valence-corrected chi connectivity index (χ1v) is 5.51. The van der Waals surface area contributed by atoms with Crippen molar-refractivity contribution in [2.24, 2.45) is 0 Å². The molecular formula is C12H7F3N2O3. The molecule has 1 aromatic heterocycles. The van der Waals surface area contributed by atoms with E-state index >= 15 is 0 Å². The summed E-state index contributed by atoms with van der Waals surface area (Å²) in [6.45, 7) is 0. The lowest BCUT2D eigenvalue weighted by Crippen LogP contribution is -2.04. The lowest BCUT2D eigenvalue weighted by atomic mass is 10.1. The molecule has 0 N–H and O–H groups in total. The van der Waals surface area contributed by atoms with E-state index in [9.17, 15) is 13.2 Å². The summed E-state index contributed by atoms with van der Waals surface area (Å²) in [7, 11) is 0. The fourth-order valence-corrected chi connectivity index (χ4v) is 1.64. The molecule has 0 saturated carbocycles. The van der Waals surface area contributed by atoms with E-state index in [4.69, 9.17) is 9.47 Å². The Bertz CT molecular complexity index is 626. The van der Waals surface area contributed by atoms with Crippen molar-refractivity contribution >= 4 is 0 Å². The van der Waals surface area contributed by atoms with E-state index < -0.39 is 18.4 Å². The normalized spacial score (nSPS) is 15.2. The third kappa shape index (κ3) is 2.31. The van der Waals surface area contributed by atoms with Gasteiger partial charge in [-0.05, 0) is 0 Å². The molecule has 2 heterocycles. The quantitative estimate of drug-likeness (QED) is 0.847. The van der Waals surface area contributed by atoms with Gasteiger partial charge in [0.25, 0.3) is 6.29 Å². The van der Waals surface area contributed by atoms with Gasteiger partial charge in [-0.25, -0.2) is 0 Å². The van der Waals surface area contributed by atoms with Gasteiger partial charge in [-0.15, -0.1) is 0 Å². The molecule has 0 aliphatic carbocycles. The average Bonchev–Trinajstić information content (AvgIpc) is 3.10. The van der Waals surface area contributed by atoms with Crippen LogP contribution in [0.3, 0.4) is 0 Å². The molecule has 5 nitrogen and oxygen atoms in total. The molecule has 2 aromatic rings. The van der Waals surface area contributed by atoms with Crippen LogP contribution >= 0.6 is 0 Å². The van der Waals surface area contributed by atoms with E-state index in [1.54, 1.807) is 24.3 Å². The summed E-state index contributed by atoms with van der Waals surface area (Å²) in [5.74, 6) is -1.50. The molecule has 1 aliphatic heterocycles. The van der Waals surface area contributed by atoms with Gasteiger partial charge >= 0.3 is 12.1 Å². The van der Waals surface area contributed by atoms with Gasteiger partial charge < -0.3 is 14.0 Å². The first-order valence-electron chi connectivity index (χ1n) is 5.51.